The fourth-order valence-electron chi connectivity index (χ4n) is 3.04. The first-order valence-electron chi connectivity index (χ1n) is 9.64. The van der Waals surface area contributed by atoms with Gasteiger partial charge in [-0.3, -0.25) is 4.79 Å². The number of nitrogens with one attached hydrogen (secondary N) is 1. The minimum absolute atomic E-state index is 0.0462. The molecule has 2 heterocycles. The standard InChI is InChI=1S/C21H27FN4O2/c1-25-10-12-26(13-11-25)20-15-17(8-9-23-20)16-24-21(27)7-4-14-28-19-6-3-2-5-18(19)22/h2-3,5-6,8-9,15H,4,7,10-14,16H2,1H3,(H,24,27). The van der Waals surface area contributed by atoms with Gasteiger partial charge in [-0.05, 0) is 43.3 Å². The number of nitrogens with zero attached hydrogens (tertiary/aromatic N) is 3. The van der Waals surface area contributed by atoms with Crippen molar-refractivity contribution in [2.75, 3.05) is 44.7 Å². The number of piperazine rings is 1. The molecule has 0 unspecified atom stereocenters. The quantitative estimate of drug-likeness (QED) is 0.707. The van der Waals surface area contributed by atoms with Crippen molar-refractivity contribution in [2.24, 2.45) is 0 Å². The Morgan fingerprint density at radius 1 is 1.21 bits per heavy atom. The Morgan fingerprint density at radius 2 is 2.00 bits per heavy atom. The van der Waals surface area contributed by atoms with Crippen LogP contribution in [0.3, 0.4) is 0 Å². The summed E-state index contributed by atoms with van der Waals surface area (Å²) in [5, 5.41) is 2.92. The van der Waals surface area contributed by atoms with E-state index in [0.29, 0.717) is 26.0 Å². The highest BCUT2D eigenvalue weighted by Crippen LogP contribution is 2.16. The molecule has 28 heavy (non-hydrogen) atoms. The summed E-state index contributed by atoms with van der Waals surface area (Å²) < 4.78 is 18.8. The number of carbonyl (C=O) groups excluding carboxylic acids is 1. The van der Waals surface area contributed by atoms with E-state index in [1.165, 1.54) is 6.07 Å². The molecule has 1 fully saturated rings. The highest BCUT2D eigenvalue weighted by Gasteiger charge is 2.15. The summed E-state index contributed by atoms with van der Waals surface area (Å²) in [6.07, 6.45) is 2.66. The number of anilines is 1. The van der Waals surface area contributed by atoms with Crippen LogP contribution in [0.25, 0.3) is 0 Å². The van der Waals surface area contributed by atoms with Crippen LogP contribution in [0, 0.1) is 5.82 Å². The third kappa shape index (κ3) is 5.92. The van der Waals surface area contributed by atoms with Crippen molar-refractivity contribution in [1.82, 2.24) is 15.2 Å². The lowest BCUT2D eigenvalue weighted by Gasteiger charge is -2.33. The molecule has 7 heteroatoms. The summed E-state index contributed by atoms with van der Waals surface area (Å²) in [4.78, 5) is 21.1. The molecule has 1 amide bonds. The van der Waals surface area contributed by atoms with Crippen molar-refractivity contribution in [2.45, 2.75) is 19.4 Å². The Labute approximate surface area is 165 Å². The summed E-state index contributed by atoms with van der Waals surface area (Å²) >= 11 is 0. The fourth-order valence-corrected chi connectivity index (χ4v) is 3.04. The Morgan fingerprint density at radius 3 is 2.79 bits per heavy atom. The Kier molecular flexibility index (Phi) is 7.19. The summed E-state index contributed by atoms with van der Waals surface area (Å²) in [6.45, 7) is 4.74. The van der Waals surface area contributed by atoms with Crippen molar-refractivity contribution in [1.29, 1.82) is 0 Å². The minimum Gasteiger partial charge on any atom is -0.491 e. The Bertz CT molecular complexity index is 779. The smallest absolute Gasteiger partial charge is 0.220 e. The maximum absolute atomic E-state index is 13.5. The number of hydrogen-bond acceptors (Lipinski definition) is 5. The number of hydrogen-bond donors (Lipinski definition) is 1. The molecule has 0 radical (unpaired) electrons. The number of pyridine rings is 1. The van der Waals surface area contributed by atoms with Crippen LogP contribution in [0.15, 0.2) is 42.6 Å². The SMILES string of the molecule is CN1CCN(c2cc(CNC(=O)CCCOc3ccccc3F)ccn2)CC1. The van der Waals surface area contributed by atoms with Crippen LogP contribution in [0.4, 0.5) is 10.2 Å². The van der Waals surface area contributed by atoms with E-state index in [2.05, 4.69) is 27.1 Å². The van der Waals surface area contributed by atoms with Gasteiger partial charge in [-0.2, -0.15) is 0 Å². The lowest BCUT2D eigenvalue weighted by molar-refractivity contribution is -0.121. The highest BCUT2D eigenvalue weighted by molar-refractivity contribution is 5.75. The first-order chi connectivity index (χ1) is 13.6. The molecule has 3 rings (SSSR count). The van der Waals surface area contributed by atoms with Gasteiger partial charge in [0.2, 0.25) is 5.91 Å². The van der Waals surface area contributed by atoms with Crippen molar-refractivity contribution in [3.8, 4) is 5.75 Å². The molecule has 1 aliphatic heterocycles. The molecule has 1 N–H and O–H groups in total. The largest absolute Gasteiger partial charge is 0.491 e. The van der Waals surface area contributed by atoms with Crippen LogP contribution in [0.5, 0.6) is 5.75 Å². The molecular formula is C21H27FN4O2. The van der Waals surface area contributed by atoms with E-state index in [1.54, 1.807) is 24.4 Å². The van der Waals surface area contributed by atoms with Gasteiger partial charge in [0.15, 0.2) is 11.6 Å². The summed E-state index contributed by atoms with van der Waals surface area (Å²) in [6, 6.07) is 10.2. The lowest BCUT2D eigenvalue weighted by atomic mass is 10.2. The second kappa shape index (κ2) is 10.0. The van der Waals surface area contributed by atoms with Crippen LogP contribution >= 0.6 is 0 Å². The van der Waals surface area contributed by atoms with E-state index in [0.717, 1.165) is 37.6 Å². The van der Waals surface area contributed by atoms with E-state index < -0.39 is 0 Å². The first kappa shape index (κ1) is 20.1. The van der Waals surface area contributed by atoms with E-state index >= 15 is 0 Å². The number of amides is 1. The topological polar surface area (TPSA) is 57.7 Å². The normalized spacial score (nSPS) is 14.7. The average Bonchev–Trinajstić information content (AvgIpc) is 2.71. The molecule has 0 aliphatic carbocycles. The predicted molar refractivity (Wildman–Crippen MR) is 107 cm³/mol. The van der Waals surface area contributed by atoms with Gasteiger partial charge in [0.25, 0.3) is 0 Å². The van der Waals surface area contributed by atoms with Crippen molar-refractivity contribution in [3.05, 3.63) is 54.0 Å². The zero-order valence-electron chi connectivity index (χ0n) is 16.2. The van der Waals surface area contributed by atoms with Crippen molar-refractivity contribution < 1.29 is 13.9 Å². The number of aromatic nitrogens is 1. The summed E-state index contributed by atoms with van der Waals surface area (Å²) in [5.41, 5.74) is 1.03. The predicted octanol–water partition coefficient (Wildman–Crippen LogP) is 2.45. The number of rotatable bonds is 8. The van der Waals surface area contributed by atoms with Crippen LogP contribution in [0.2, 0.25) is 0 Å². The molecule has 6 nitrogen and oxygen atoms in total. The van der Waals surface area contributed by atoms with E-state index in [4.69, 9.17) is 4.74 Å². The summed E-state index contributed by atoms with van der Waals surface area (Å²) in [5.74, 6) is 0.741. The van der Waals surface area contributed by atoms with Gasteiger partial charge in [-0.25, -0.2) is 9.37 Å². The minimum atomic E-state index is -0.388. The third-order valence-corrected chi connectivity index (χ3v) is 4.77. The van der Waals surface area contributed by atoms with Crippen LogP contribution in [-0.4, -0.2) is 55.6 Å². The number of carbonyl (C=O) groups is 1. The van der Waals surface area contributed by atoms with Gasteiger partial charge >= 0.3 is 0 Å². The maximum Gasteiger partial charge on any atom is 0.220 e. The number of benzene rings is 1. The number of likely N-dealkylation sites (N-methyl/N-ethyl adjacent to an activating group) is 1. The van der Waals surface area contributed by atoms with Gasteiger partial charge in [0, 0.05) is 45.3 Å². The van der Waals surface area contributed by atoms with Crippen LogP contribution in [-0.2, 0) is 11.3 Å². The monoisotopic (exact) mass is 386 g/mol. The third-order valence-electron chi connectivity index (χ3n) is 4.77. The highest BCUT2D eigenvalue weighted by atomic mass is 19.1. The molecule has 0 saturated carbocycles. The van der Waals surface area contributed by atoms with Crippen molar-refractivity contribution >= 4 is 11.7 Å². The number of ether oxygens (including phenoxy) is 1. The lowest BCUT2D eigenvalue weighted by Crippen LogP contribution is -2.44. The molecule has 150 valence electrons. The second-order valence-corrected chi connectivity index (χ2v) is 6.97. The Balaban J connectivity index is 1.38. The van der Waals surface area contributed by atoms with Crippen LogP contribution < -0.4 is 15.0 Å². The first-order valence-corrected chi connectivity index (χ1v) is 9.64. The number of para-hydroxylation sites is 1. The second-order valence-electron chi connectivity index (χ2n) is 6.97. The molecule has 1 aliphatic rings. The molecule has 1 aromatic heterocycles. The molecule has 1 aromatic carbocycles. The van der Waals surface area contributed by atoms with Gasteiger partial charge < -0.3 is 19.9 Å². The molecule has 1 saturated heterocycles. The van der Waals surface area contributed by atoms with Crippen molar-refractivity contribution in [3.63, 3.8) is 0 Å². The molecular weight excluding hydrogens is 359 g/mol. The van der Waals surface area contributed by atoms with E-state index in [9.17, 15) is 9.18 Å². The molecule has 2 aromatic rings. The number of halogens is 1. The zero-order valence-corrected chi connectivity index (χ0v) is 16.2. The Hall–Kier alpha value is -2.67. The zero-order chi connectivity index (χ0) is 19.8. The summed E-state index contributed by atoms with van der Waals surface area (Å²) in [7, 11) is 2.12. The van der Waals surface area contributed by atoms with E-state index in [-0.39, 0.29) is 17.5 Å². The van der Waals surface area contributed by atoms with E-state index in [1.807, 2.05) is 12.1 Å². The van der Waals surface area contributed by atoms with Gasteiger partial charge in [0.1, 0.15) is 5.82 Å². The van der Waals surface area contributed by atoms with Gasteiger partial charge in [-0.15, -0.1) is 0 Å². The molecule has 0 atom stereocenters. The van der Waals surface area contributed by atoms with Crippen LogP contribution in [0.1, 0.15) is 18.4 Å². The molecule has 0 spiro atoms. The van der Waals surface area contributed by atoms with Gasteiger partial charge in [0.05, 0.1) is 6.61 Å². The average molecular weight is 386 g/mol. The van der Waals surface area contributed by atoms with Gasteiger partial charge in [-0.1, -0.05) is 12.1 Å². The maximum atomic E-state index is 13.5. The molecule has 0 bridgehead atoms. The fraction of sp³-hybridized carbons (Fsp3) is 0.429.